The number of ketones is 1. The molecule has 0 aliphatic heterocycles. The van der Waals surface area contributed by atoms with Crippen LogP contribution in [0.25, 0.3) is 6.08 Å². The lowest BCUT2D eigenvalue weighted by Crippen LogP contribution is -2.13. The number of methoxy groups -OCH3 is 1. The van der Waals surface area contributed by atoms with Gasteiger partial charge in [0.1, 0.15) is 18.1 Å². The first-order valence-corrected chi connectivity index (χ1v) is 10.9. The summed E-state index contributed by atoms with van der Waals surface area (Å²) in [5.41, 5.74) is 4.68. The highest BCUT2D eigenvalue weighted by atomic mass is 35.5. The maximum Gasteiger partial charge on any atom is 0.185 e. The van der Waals surface area contributed by atoms with Crippen LogP contribution in [0.3, 0.4) is 0 Å². The summed E-state index contributed by atoms with van der Waals surface area (Å²) in [6.45, 7) is 8.95. The maximum absolute atomic E-state index is 12.4. The van der Waals surface area contributed by atoms with Crippen molar-refractivity contribution in [2.24, 2.45) is 0 Å². The third-order valence-electron chi connectivity index (χ3n) is 5.19. The Bertz CT molecular complexity index is 1120. The van der Waals surface area contributed by atoms with Crippen LogP contribution >= 0.6 is 11.6 Å². The van der Waals surface area contributed by atoms with E-state index in [1.54, 1.807) is 43.5 Å². The molecule has 3 aromatic rings. The lowest BCUT2D eigenvalue weighted by molar-refractivity contribution is 0.104. The second kappa shape index (κ2) is 10.1. The zero-order valence-electron chi connectivity index (χ0n) is 19.2. The average Bonchev–Trinajstić information content (AvgIpc) is 2.75. The van der Waals surface area contributed by atoms with Gasteiger partial charge in [-0.1, -0.05) is 56.6 Å². The number of halogens is 1. The van der Waals surface area contributed by atoms with Crippen molar-refractivity contribution in [1.82, 2.24) is 0 Å². The molecule has 166 valence electrons. The molecule has 0 aromatic heterocycles. The molecule has 0 saturated carbocycles. The van der Waals surface area contributed by atoms with Crippen molar-refractivity contribution in [2.45, 2.75) is 39.7 Å². The summed E-state index contributed by atoms with van der Waals surface area (Å²) in [7, 11) is 1.64. The van der Waals surface area contributed by atoms with E-state index in [0.29, 0.717) is 17.2 Å². The maximum atomic E-state index is 12.4. The Morgan fingerprint density at radius 2 is 1.69 bits per heavy atom. The van der Waals surface area contributed by atoms with Crippen LogP contribution in [-0.4, -0.2) is 12.9 Å². The summed E-state index contributed by atoms with van der Waals surface area (Å²) in [6, 6.07) is 19.0. The van der Waals surface area contributed by atoms with Crippen LogP contribution < -0.4 is 9.47 Å². The third kappa shape index (κ3) is 6.02. The Labute approximate surface area is 195 Å². The number of ether oxygens (including phenoxy) is 2. The number of hydrogen-bond acceptors (Lipinski definition) is 3. The number of aryl methyl sites for hydroxylation is 1. The molecule has 0 aliphatic rings. The Kier molecular flexibility index (Phi) is 7.42. The van der Waals surface area contributed by atoms with E-state index in [9.17, 15) is 4.79 Å². The summed E-state index contributed by atoms with van der Waals surface area (Å²) in [5.74, 6) is 1.54. The van der Waals surface area contributed by atoms with E-state index >= 15 is 0 Å². The molecule has 0 fully saturated rings. The fraction of sp³-hybridized carbons (Fsp3) is 0.250. The minimum absolute atomic E-state index is 0.0280. The molecular weight excluding hydrogens is 420 g/mol. The first-order valence-electron chi connectivity index (χ1n) is 10.6. The molecule has 0 saturated heterocycles. The van der Waals surface area contributed by atoms with Crippen LogP contribution in [0.2, 0.25) is 5.02 Å². The van der Waals surface area contributed by atoms with Gasteiger partial charge in [0.2, 0.25) is 0 Å². The molecule has 4 heteroatoms. The zero-order valence-corrected chi connectivity index (χ0v) is 20.0. The number of benzene rings is 3. The van der Waals surface area contributed by atoms with Crippen molar-refractivity contribution < 1.29 is 14.3 Å². The van der Waals surface area contributed by atoms with Gasteiger partial charge < -0.3 is 9.47 Å². The van der Waals surface area contributed by atoms with Gasteiger partial charge in [0, 0.05) is 16.1 Å². The van der Waals surface area contributed by atoms with Crippen LogP contribution in [0.5, 0.6) is 11.5 Å². The zero-order chi connectivity index (χ0) is 23.3. The molecule has 0 aliphatic carbocycles. The van der Waals surface area contributed by atoms with Crippen molar-refractivity contribution in [3.8, 4) is 11.5 Å². The van der Waals surface area contributed by atoms with E-state index in [1.165, 1.54) is 0 Å². The van der Waals surface area contributed by atoms with Crippen LogP contribution in [0.4, 0.5) is 0 Å². The standard InChI is InChI=1S/C28H29ClO3/c1-19-6-13-24(28(2,3)4)27(16-19)32-18-22-17-20(8-15-26(22)31-5)7-14-25(30)21-9-11-23(29)12-10-21/h6-17H,18H2,1-5H3/b14-7+. The molecule has 3 aromatic carbocycles. The Morgan fingerprint density at radius 1 is 0.969 bits per heavy atom. The highest BCUT2D eigenvalue weighted by Gasteiger charge is 2.19. The first kappa shape index (κ1) is 23.6. The Hall–Kier alpha value is -3.04. The predicted octanol–water partition coefficient (Wildman–Crippen LogP) is 7.43. The van der Waals surface area contributed by atoms with Crippen molar-refractivity contribution in [3.05, 3.63) is 99.6 Å². The average molecular weight is 449 g/mol. The fourth-order valence-corrected chi connectivity index (χ4v) is 3.55. The Balaban J connectivity index is 1.81. The molecule has 32 heavy (non-hydrogen) atoms. The second-order valence-electron chi connectivity index (χ2n) is 8.81. The monoisotopic (exact) mass is 448 g/mol. The van der Waals surface area contributed by atoms with Crippen LogP contribution in [-0.2, 0) is 12.0 Å². The number of allylic oxidation sites excluding steroid dienone is 1. The third-order valence-corrected chi connectivity index (χ3v) is 5.44. The Morgan fingerprint density at radius 3 is 2.34 bits per heavy atom. The molecule has 0 radical (unpaired) electrons. The van der Waals surface area contributed by atoms with Crippen molar-refractivity contribution in [2.75, 3.05) is 7.11 Å². The molecule has 0 spiro atoms. The van der Waals surface area contributed by atoms with E-state index in [2.05, 4.69) is 45.9 Å². The minimum atomic E-state index is -0.0788. The van der Waals surface area contributed by atoms with E-state index in [1.807, 2.05) is 18.2 Å². The topological polar surface area (TPSA) is 35.5 Å². The first-order chi connectivity index (χ1) is 15.2. The summed E-state index contributed by atoms with van der Waals surface area (Å²) in [4.78, 5) is 12.4. The molecule has 0 bridgehead atoms. The van der Waals surface area contributed by atoms with Crippen LogP contribution in [0.1, 0.15) is 53.4 Å². The minimum Gasteiger partial charge on any atom is -0.496 e. The van der Waals surface area contributed by atoms with Gasteiger partial charge >= 0.3 is 0 Å². The van der Waals surface area contributed by atoms with E-state index in [0.717, 1.165) is 33.8 Å². The van der Waals surface area contributed by atoms with E-state index in [4.69, 9.17) is 21.1 Å². The van der Waals surface area contributed by atoms with Gasteiger partial charge in [-0.05, 0) is 77.6 Å². The molecule has 0 amide bonds. The molecular formula is C28H29ClO3. The summed E-state index contributed by atoms with van der Waals surface area (Å²) in [6.07, 6.45) is 3.36. The molecule has 0 atom stereocenters. The molecule has 0 unspecified atom stereocenters. The smallest absolute Gasteiger partial charge is 0.185 e. The van der Waals surface area contributed by atoms with Crippen molar-refractivity contribution >= 4 is 23.5 Å². The molecule has 3 rings (SSSR count). The fourth-order valence-electron chi connectivity index (χ4n) is 3.42. The lowest BCUT2D eigenvalue weighted by atomic mass is 9.86. The quantitative estimate of drug-likeness (QED) is 0.278. The molecule has 0 heterocycles. The SMILES string of the molecule is COc1ccc(/C=C/C(=O)c2ccc(Cl)cc2)cc1COc1cc(C)ccc1C(C)(C)C. The summed E-state index contributed by atoms with van der Waals surface area (Å²) in [5, 5.41) is 0.605. The van der Waals surface area contributed by atoms with E-state index in [-0.39, 0.29) is 11.2 Å². The highest BCUT2D eigenvalue weighted by molar-refractivity contribution is 6.30. The van der Waals surface area contributed by atoms with Gasteiger partial charge in [0.05, 0.1) is 7.11 Å². The largest absolute Gasteiger partial charge is 0.496 e. The van der Waals surface area contributed by atoms with Gasteiger partial charge in [-0.3, -0.25) is 4.79 Å². The van der Waals surface area contributed by atoms with Gasteiger partial charge in [0.15, 0.2) is 5.78 Å². The number of carbonyl (C=O) groups excluding carboxylic acids is 1. The number of hydrogen-bond donors (Lipinski definition) is 0. The number of rotatable bonds is 7. The van der Waals surface area contributed by atoms with Crippen LogP contribution in [0.15, 0.2) is 66.7 Å². The summed E-state index contributed by atoms with van der Waals surface area (Å²) < 4.78 is 11.8. The predicted molar refractivity (Wildman–Crippen MR) is 132 cm³/mol. The number of carbonyl (C=O) groups is 1. The van der Waals surface area contributed by atoms with E-state index < -0.39 is 0 Å². The molecule has 0 N–H and O–H groups in total. The second-order valence-corrected chi connectivity index (χ2v) is 9.25. The van der Waals surface area contributed by atoms with Crippen molar-refractivity contribution in [3.63, 3.8) is 0 Å². The van der Waals surface area contributed by atoms with Gasteiger partial charge in [-0.15, -0.1) is 0 Å². The lowest BCUT2D eigenvalue weighted by Gasteiger charge is -2.23. The van der Waals surface area contributed by atoms with Crippen LogP contribution in [0, 0.1) is 6.92 Å². The normalized spacial score (nSPS) is 11.6. The van der Waals surface area contributed by atoms with Gasteiger partial charge in [0.25, 0.3) is 0 Å². The van der Waals surface area contributed by atoms with Crippen molar-refractivity contribution in [1.29, 1.82) is 0 Å². The molecule has 3 nitrogen and oxygen atoms in total. The van der Waals surface area contributed by atoms with Gasteiger partial charge in [-0.25, -0.2) is 0 Å². The summed E-state index contributed by atoms with van der Waals surface area (Å²) >= 11 is 5.90. The van der Waals surface area contributed by atoms with Gasteiger partial charge in [-0.2, -0.15) is 0 Å². The highest BCUT2D eigenvalue weighted by Crippen LogP contribution is 2.33.